The van der Waals surface area contributed by atoms with E-state index in [2.05, 4.69) is 17.2 Å². The zero-order valence-corrected chi connectivity index (χ0v) is 10.8. The number of hydrogen-bond acceptors (Lipinski definition) is 3. The fourth-order valence-corrected chi connectivity index (χ4v) is 1.95. The second kappa shape index (κ2) is 6.93. The van der Waals surface area contributed by atoms with Crippen LogP contribution >= 0.6 is 0 Å². The van der Waals surface area contributed by atoms with Crippen molar-refractivity contribution in [3.05, 3.63) is 35.4 Å². The van der Waals surface area contributed by atoms with Crippen LogP contribution in [0.15, 0.2) is 24.3 Å². The molecule has 19 heavy (non-hydrogen) atoms. The minimum absolute atomic E-state index is 0.0236. The second-order valence-electron chi connectivity index (χ2n) is 4.42. The molecular formula is C15H18N2O2. The van der Waals surface area contributed by atoms with Crippen LogP contribution in [0.25, 0.3) is 0 Å². The van der Waals surface area contributed by atoms with Crippen molar-refractivity contribution in [3.8, 4) is 11.8 Å². The summed E-state index contributed by atoms with van der Waals surface area (Å²) in [6, 6.07) is 7.76. The van der Waals surface area contributed by atoms with Crippen molar-refractivity contribution in [1.29, 1.82) is 0 Å². The molecule has 100 valence electrons. The van der Waals surface area contributed by atoms with E-state index in [1.165, 1.54) is 0 Å². The van der Waals surface area contributed by atoms with Crippen molar-refractivity contribution >= 4 is 5.91 Å². The molecule has 2 rings (SSSR count). The van der Waals surface area contributed by atoms with Crippen LogP contribution in [-0.4, -0.2) is 25.2 Å². The Hall–Kier alpha value is -1.83. The summed E-state index contributed by atoms with van der Waals surface area (Å²) in [6.45, 7) is 1.56. The molecule has 0 spiro atoms. The molecule has 4 nitrogen and oxygen atoms in total. The molecule has 1 amide bonds. The van der Waals surface area contributed by atoms with E-state index in [1.807, 2.05) is 24.3 Å². The molecule has 1 fully saturated rings. The molecule has 0 aromatic heterocycles. The summed E-state index contributed by atoms with van der Waals surface area (Å²) in [6.07, 6.45) is 1.51. The average molecular weight is 258 g/mol. The number of nitrogens with one attached hydrogen (secondary N) is 1. The van der Waals surface area contributed by atoms with Gasteiger partial charge in [-0.1, -0.05) is 24.0 Å². The third kappa shape index (κ3) is 4.09. The largest absolute Gasteiger partial charge is 0.368 e. The number of nitrogens with two attached hydrogens (primary N) is 1. The molecular weight excluding hydrogens is 240 g/mol. The van der Waals surface area contributed by atoms with Crippen LogP contribution in [0.4, 0.5) is 0 Å². The Labute approximate surface area is 113 Å². The number of ether oxygens (including phenoxy) is 1. The minimum Gasteiger partial charge on any atom is -0.368 e. The molecule has 0 saturated carbocycles. The van der Waals surface area contributed by atoms with E-state index in [1.54, 1.807) is 0 Å². The lowest BCUT2D eigenvalue weighted by Gasteiger charge is -2.10. The zero-order valence-electron chi connectivity index (χ0n) is 10.8. The van der Waals surface area contributed by atoms with Crippen LogP contribution in [0.3, 0.4) is 0 Å². The molecule has 1 unspecified atom stereocenters. The summed E-state index contributed by atoms with van der Waals surface area (Å²) in [4.78, 5) is 11.8. The first-order valence-corrected chi connectivity index (χ1v) is 6.47. The van der Waals surface area contributed by atoms with Gasteiger partial charge in [-0.3, -0.25) is 4.79 Å². The lowest BCUT2D eigenvalue weighted by molar-refractivity contribution is -0.130. The molecule has 0 bridgehead atoms. The predicted molar refractivity (Wildman–Crippen MR) is 73.2 cm³/mol. The van der Waals surface area contributed by atoms with Gasteiger partial charge in [-0.25, -0.2) is 0 Å². The maximum atomic E-state index is 11.8. The third-order valence-corrected chi connectivity index (χ3v) is 2.98. The summed E-state index contributed by atoms with van der Waals surface area (Å²) < 4.78 is 5.32. The van der Waals surface area contributed by atoms with Gasteiger partial charge in [0.25, 0.3) is 0 Å². The average Bonchev–Trinajstić information content (AvgIpc) is 2.98. The summed E-state index contributed by atoms with van der Waals surface area (Å²) in [7, 11) is 0. The quantitative estimate of drug-likeness (QED) is 0.788. The molecule has 4 heteroatoms. The Morgan fingerprint density at radius 1 is 1.42 bits per heavy atom. The number of rotatable bonds is 3. The number of amides is 1. The fourth-order valence-electron chi connectivity index (χ4n) is 1.95. The normalized spacial score (nSPS) is 17.6. The Morgan fingerprint density at radius 3 is 2.84 bits per heavy atom. The summed E-state index contributed by atoms with van der Waals surface area (Å²) in [5, 5.41) is 2.88. The van der Waals surface area contributed by atoms with E-state index in [9.17, 15) is 4.79 Å². The maximum Gasteiger partial charge on any atom is 0.249 e. The van der Waals surface area contributed by atoms with Gasteiger partial charge >= 0.3 is 0 Å². The van der Waals surface area contributed by atoms with Gasteiger partial charge in [0.05, 0.1) is 6.54 Å². The van der Waals surface area contributed by atoms with Gasteiger partial charge in [-0.05, 0) is 30.5 Å². The third-order valence-electron chi connectivity index (χ3n) is 2.98. The van der Waals surface area contributed by atoms with E-state index in [0.29, 0.717) is 19.7 Å². The van der Waals surface area contributed by atoms with E-state index < -0.39 is 0 Å². The number of hydrogen-bond donors (Lipinski definition) is 2. The van der Waals surface area contributed by atoms with Gasteiger partial charge in [-0.15, -0.1) is 0 Å². The number of carbonyl (C=O) groups is 1. The Bertz CT molecular complexity index is 479. The molecule has 1 saturated heterocycles. The van der Waals surface area contributed by atoms with Crippen molar-refractivity contribution in [1.82, 2.24) is 5.32 Å². The molecule has 1 aliphatic rings. The highest BCUT2D eigenvalue weighted by molar-refractivity contribution is 5.80. The lowest BCUT2D eigenvalue weighted by atomic mass is 10.1. The highest BCUT2D eigenvalue weighted by atomic mass is 16.5. The molecule has 3 N–H and O–H groups in total. The molecule has 0 aliphatic carbocycles. The zero-order chi connectivity index (χ0) is 13.5. The SMILES string of the molecule is NCC#Cc1ccc(CNC(=O)C2CCCO2)cc1. The summed E-state index contributed by atoms with van der Waals surface area (Å²) in [5.74, 6) is 5.74. The van der Waals surface area contributed by atoms with Crippen molar-refractivity contribution in [2.45, 2.75) is 25.5 Å². The van der Waals surface area contributed by atoms with E-state index in [4.69, 9.17) is 10.5 Å². The van der Waals surface area contributed by atoms with Crippen LogP contribution in [0.2, 0.25) is 0 Å². The topological polar surface area (TPSA) is 64.3 Å². The smallest absolute Gasteiger partial charge is 0.249 e. The summed E-state index contributed by atoms with van der Waals surface area (Å²) >= 11 is 0. The first kappa shape index (κ1) is 13.6. The van der Waals surface area contributed by atoms with Gasteiger partial charge in [0.1, 0.15) is 6.10 Å². The van der Waals surface area contributed by atoms with Crippen molar-refractivity contribution in [3.63, 3.8) is 0 Å². The van der Waals surface area contributed by atoms with Crippen molar-refractivity contribution < 1.29 is 9.53 Å². The van der Waals surface area contributed by atoms with Crippen molar-refractivity contribution in [2.75, 3.05) is 13.2 Å². The van der Waals surface area contributed by atoms with Gasteiger partial charge < -0.3 is 15.8 Å². The molecule has 0 radical (unpaired) electrons. The molecule has 1 aliphatic heterocycles. The number of benzene rings is 1. The molecule has 1 aromatic rings. The highest BCUT2D eigenvalue weighted by Gasteiger charge is 2.22. The van der Waals surface area contributed by atoms with Crippen LogP contribution in [0.5, 0.6) is 0 Å². The van der Waals surface area contributed by atoms with Crippen LogP contribution in [-0.2, 0) is 16.1 Å². The molecule has 1 heterocycles. The maximum absolute atomic E-state index is 11.8. The Kier molecular flexibility index (Phi) is 4.96. The Balaban J connectivity index is 1.84. The second-order valence-corrected chi connectivity index (χ2v) is 4.42. The van der Waals surface area contributed by atoms with Crippen LogP contribution < -0.4 is 11.1 Å². The predicted octanol–water partition coefficient (Wildman–Crippen LogP) is 0.792. The van der Waals surface area contributed by atoms with Gasteiger partial charge in [-0.2, -0.15) is 0 Å². The molecule has 1 atom stereocenters. The van der Waals surface area contributed by atoms with Gasteiger partial charge in [0.15, 0.2) is 0 Å². The van der Waals surface area contributed by atoms with E-state index in [0.717, 1.165) is 24.0 Å². The van der Waals surface area contributed by atoms with Crippen LogP contribution in [0.1, 0.15) is 24.0 Å². The first-order valence-electron chi connectivity index (χ1n) is 6.47. The Morgan fingerprint density at radius 2 is 2.21 bits per heavy atom. The van der Waals surface area contributed by atoms with Crippen molar-refractivity contribution in [2.24, 2.45) is 5.73 Å². The standard InChI is InChI=1S/C15H18N2O2/c16-9-1-3-12-5-7-13(8-6-12)11-17-15(18)14-4-2-10-19-14/h5-8,14H,2,4,9-11,16H2,(H,17,18). The highest BCUT2D eigenvalue weighted by Crippen LogP contribution is 2.12. The first-order chi connectivity index (χ1) is 9.29. The summed E-state index contributed by atoms with van der Waals surface area (Å²) in [5.41, 5.74) is 7.29. The monoisotopic (exact) mass is 258 g/mol. The van der Waals surface area contributed by atoms with E-state index in [-0.39, 0.29) is 12.0 Å². The number of carbonyl (C=O) groups excluding carboxylic acids is 1. The van der Waals surface area contributed by atoms with E-state index >= 15 is 0 Å². The minimum atomic E-state index is -0.269. The fraction of sp³-hybridized carbons (Fsp3) is 0.400. The van der Waals surface area contributed by atoms with Gasteiger partial charge in [0, 0.05) is 18.7 Å². The molecule has 1 aromatic carbocycles. The van der Waals surface area contributed by atoms with Crippen LogP contribution in [0, 0.1) is 11.8 Å². The van der Waals surface area contributed by atoms with Gasteiger partial charge in [0.2, 0.25) is 5.91 Å². The lowest BCUT2D eigenvalue weighted by Crippen LogP contribution is -2.33.